The number of aryl methyl sites for hydroxylation is 1. The van der Waals surface area contributed by atoms with E-state index < -0.39 is 0 Å². The molecule has 0 amide bonds. The van der Waals surface area contributed by atoms with Crippen molar-refractivity contribution in [2.75, 3.05) is 0 Å². The van der Waals surface area contributed by atoms with E-state index in [1.54, 1.807) is 0 Å². The number of nitrogens with zero attached hydrogens (tertiary/aromatic N) is 1. The molecule has 0 aliphatic rings. The molecule has 6 aromatic rings. The molecule has 285 valence electrons. The molecule has 0 aliphatic heterocycles. The Morgan fingerprint density at radius 3 is 2.08 bits per heavy atom. The number of carbonyl (C=O) groups is 1. The maximum absolute atomic E-state index is 12.2. The molecular weight excluding hydrogens is 867 g/mol. The van der Waals surface area contributed by atoms with Crippen molar-refractivity contribution in [3.8, 4) is 11.3 Å². The normalized spacial score (nSPS) is 12.8. The van der Waals surface area contributed by atoms with E-state index in [9.17, 15) is 9.90 Å². The number of benzene rings is 3. The Kier molecular flexibility index (Phi) is 13.6. The minimum absolute atomic E-state index is 0. The zero-order valence-electron chi connectivity index (χ0n) is 33.8. The van der Waals surface area contributed by atoms with E-state index in [0.29, 0.717) is 5.92 Å². The second-order valence-corrected chi connectivity index (χ2v) is 18.7. The molecule has 0 bridgehead atoms. The predicted octanol–water partition coefficient (Wildman–Crippen LogP) is 14.7. The van der Waals surface area contributed by atoms with Gasteiger partial charge in [0.2, 0.25) is 0 Å². The van der Waals surface area contributed by atoms with Gasteiger partial charge in [-0.1, -0.05) is 111 Å². The number of fused-ring (bicyclic) bond motifs is 6. The monoisotopic (exact) mass is 925 g/mol. The van der Waals surface area contributed by atoms with Crippen molar-refractivity contribution < 1.29 is 30.0 Å². The molecule has 0 atom stereocenters. The Labute approximate surface area is 339 Å². The van der Waals surface area contributed by atoms with Gasteiger partial charge in [0.25, 0.3) is 0 Å². The summed E-state index contributed by atoms with van der Waals surface area (Å²) in [6.07, 6.45) is 7.87. The van der Waals surface area contributed by atoms with Crippen LogP contribution in [0.3, 0.4) is 0 Å². The van der Waals surface area contributed by atoms with Crippen LogP contribution in [0.2, 0.25) is 0 Å². The molecule has 0 unspecified atom stereocenters. The molecule has 3 nitrogen and oxygen atoms in total. The number of carbonyl (C=O) groups excluding carboxylic acids is 1. The molecule has 53 heavy (non-hydrogen) atoms. The molecular formula is C47H58IrNO2S2-. The van der Waals surface area contributed by atoms with E-state index in [1.165, 1.54) is 57.7 Å². The van der Waals surface area contributed by atoms with Gasteiger partial charge in [-0.15, -0.1) is 51.8 Å². The first-order chi connectivity index (χ1) is 24.5. The first-order valence-electron chi connectivity index (χ1n) is 19.1. The number of allylic oxidation sites excluding steroid dienone is 2. The van der Waals surface area contributed by atoms with Crippen LogP contribution in [0, 0.1) is 29.7 Å². The quantitative estimate of drug-likeness (QED) is 0.0846. The van der Waals surface area contributed by atoms with Gasteiger partial charge in [0.1, 0.15) is 5.76 Å². The molecule has 1 radical (unpaired) electrons. The number of ketones is 1. The van der Waals surface area contributed by atoms with E-state index in [2.05, 4.69) is 96.1 Å². The summed E-state index contributed by atoms with van der Waals surface area (Å²) in [5.74, 6) is 0.949. The third-order valence-electron chi connectivity index (χ3n) is 11.6. The van der Waals surface area contributed by atoms with E-state index in [1.807, 2.05) is 70.4 Å². The Hall–Kier alpha value is -2.89. The van der Waals surface area contributed by atoms with Crippen LogP contribution >= 0.6 is 22.7 Å². The van der Waals surface area contributed by atoms with Crippen LogP contribution < -0.4 is 0 Å². The molecule has 1 N–H and O–H groups in total. The maximum Gasteiger partial charge on any atom is 0.164 e. The summed E-state index contributed by atoms with van der Waals surface area (Å²) in [4.78, 5) is 18.6. The van der Waals surface area contributed by atoms with Crippen molar-refractivity contribution in [2.24, 2.45) is 16.7 Å². The number of aliphatic hydroxyl groups excluding tert-OH is 1. The first-order valence-corrected chi connectivity index (χ1v) is 20.8. The zero-order chi connectivity index (χ0) is 38.2. The number of aliphatic hydroxyl groups is 1. The summed E-state index contributed by atoms with van der Waals surface area (Å²) in [6, 6.07) is 21.5. The molecule has 0 fully saturated rings. The summed E-state index contributed by atoms with van der Waals surface area (Å²) in [7, 11) is 0. The van der Waals surface area contributed by atoms with Crippen LogP contribution in [0.4, 0.5) is 0 Å². The predicted molar refractivity (Wildman–Crippen MR) is 229 cm³/mol. The molecule has 3 aromatic carbocycles. The number of aromatic nitrogens is 1. The number of pyridine rings is 1. The molecule has 0 spiro atoms. The van der Waals surface area contributed by atoms with Gasteiger partial charge < -0.3 is 5.11 Å². The number of thiophene rings is 2. The van der Waals surface area contributed by atoms with Gasteiger partial charge >= 0.3 is 0 Å². The van der Waals surface area contributed by atoms with Crippen LogP contribution in [-0.4, -0.2) is 15.9 Å². The van der Waals surface area contributed by atoms with Gasteiger partial charge in [0, 0.05) is 78.7 Å². The van der Waals surface area contributed by atoms with Crippen molar-refractivity contribution >= 4 is 69.5 Å². The number of rotatable bonds is 10. The Morgan fingerprint density at radius 2 is 1.47 bits per heavy atom. The Bertz CT molecular complexity index is 2260. The third kappa shape index (κ3) is 8.52. The van der Waals surface area contributed by atoms with Gasteiger partial charge in [-0.25, -0.2) is 0 Å². The Morgan fingerprint density at radius 1 is 0.849 bits per heavy atom. The molecule has 3 aromatic heterocycles. The topological polar surface area (TPSA) is 50.2 Å². The molecule has 6 rings (SSSR count). The standard InChI is InChI=1S/C32H30NS2.C15H28O2.Ir/c1-18(2)15-27-19(3)28-26(34-27)12-11-23-24-13-14-33-29(31(24)35-30(23)28)21-16-20-9-7-8-10-22(20)25(17-21)32(4,5)6;1-7-14(5,8-2)12(16)11-13(17)15(6,9-3)10-4;/h7-14,17-18H,15H2,1-6H3;11,16H,7-10H2,1-6H3;/q-1;;/b;12-11-;. The van der Waals surface area contributed by atoms with E-state index in [-0.39, 0.29) is 47.9 Å². The van der Waals surface area contributed by atoms with Crippen molar-refractivity contribution in [3.05, 3.63) is 88.6 Å². The third-order valence-corrected chi connectivity index (χ3v) is 14.1. The first kappa shape index (κ1) is 42.8. The van der Waals surface area contributed by atoms with Gasteiger partial charge in [-0.05, 0) is 73.4 Å². The smallest absolute Gasteiger partial charge is 0.164 e. The zero-order valence-corrected chi connectivity index (χ0v) is 37.9. The van der Waals surface area contributed by atoms with Crippen LogP contribution in [-0.2, 0) is 36.7 Å². The minimum atomic E-state index is -0.337. The molecule has 3 heterocycles. The average Bonchev–Trinajstić information content (AvgIpc) is 3.66. The Balaban J connectivity index is 0.000000299. The molecule has 0 aliphatic carbocycles. The van der Waals surface area contributed by atoms with Crippen molar-refractivity contribution in [2.45, 2.75) is 121 Å². The summed E-state index contributed by atoms with van der Waals surface area (Å²) < 4.78 is 4.06. The van der Waals surface area contributed by atoms with Gasteiger partial charge in [0.05, 0.1) is 0 Å². The fourth-order valence-electron chi connectivity index (χ4n) is 6.96. The average molecular weight is 925 g/mol. The second-order valence-electron chi connectivity index (χ2n) is 16.5. The van der Waals surface area contributed by atoms with E-state index in [0.717, 1.165) is 48.7 Å². The summed E-state index contributed by atoms with van der Waals surface area (Å²) in [5, 5.41) is 16.6. The van der Waals surface area contributed by atoms with Gasteiger partial charge in [-0.2, -0.15) is 0 Å². The van der Waals surface area contributed by atoms with Crippen molar-refractivity contribution in [1.29, 1.82) is 0 Å². The largest absolute Gasteiger partial charge is 0.512 e. The minimum Gasteiger partial charge on any atom is -0.512 e. The second kappa shape index (κ2) is 16.9. The number of hydrogen-bond donors (Lipinski definition) is 1. The van der Waals surface area contributed by atoms with Crippen molar-refractivity contribution in [3.63, 3.8) is 0 Å². The molecule has 6 heteroatoms. The number of hydrogen-bond acceptors (Lipinski definition) is 5. The van der Waals surface area contributed by atoms with Gasteiger partial charge in [0.15, 0.2) is 5.78 Å². The van der Waals surface area contributed by atoms with Crippen molar-refractivity contribution in [1.82, 2.24) is 4.98 Å². The fraction of sp³-hybridized carbons (Fsp3) is 0.447. The van der Waals surface area contributed by atoms with Crippen LogP contribution in [0.5, 0.6) is 0 Å². The summed E-state index contributed by atoms with van der Waals surface area (Å²) in [6.45, 7) is 25.9. The fourth-order valence-corrected chi connectivity index (χ4v) is 9.86. The molecule has 0 saturated heterocycles. The SMILES string of the molecule is CCC(C)(CC)C(=O)/C=C(\O)C(C)(CC)CC.Cc1c(CC(C)C)sc2ccc3c4ccnc(-c5[c-]c6ccccc6c(C(C)(C)C)c5)c4sc3c12.[Ir]. The maximum atomic E-state index is 12.2. The van der Waals surface area contributed by atoms with E-state index >= 15 is 0 Å². The van der Waals surface area contributed by atoms with Gasteiger partial charge in [-0.3, -0.25) is 9.78 Å². The van der Waals surface area contributed by atoms with Crippen LogP contribution in [0.1, 0.15) is 118 Å². The van der Waals surface area contributed by atoms with Crippen LogP contribution in [0.15, 0.2) is 66.6 Å². The molecule has 0 saturated carbocycles. The van der Waals surface area contributed by atoms with E-state index in [4.69, 9.17) is 4.98 Å². The summed E-state index contributed by atoms with van der Waals surface area (Å²) >= 11 is 3.87. The summed E-state index contributed by atoms with van der Waals surface area (Å²) in [5.41, 5.74) is 4.36. The van der Waals surface area contributed by atoms with Crippen LogP contribution in [0.25, 0.3) is 52.3 Å².